The van der Waals surface area contributed by atoms with Crippen LogP contribution in [0.25, 0.3) is 17.0 Å². The molecular weight excluding hydrogens is 248 g/mol. The van der Waals surface area contributed by atoms with Crippen LogP contribution in [0, 0.1) is 6.92 Å². The lowest BCUT2D eigenvalue weighted by atomic mass is 10.1. The van der Waals surface area contributed by atoms with Crippen molar-refractivity contribution in [3.05, 3.63) is 71.7 Å². The predicted octanol–water partition coefficient (Wildman–Crippen LogP) is 3.77. The Morgan fingerprint density at radius 1 is 1.20 bits per heavy atom. The standard InChI is InChI=1S/C17H14N2O/c1-12-17(14-6-2-3-7-15(14)19-12)16(20)9-8-13-5-4-10-18-11-13/h2-11,19H,1H3/b9-8+. The van der Waals surface area contributed by atoms with Crippen molar-refractivity contribution in [1.82, 2.24) is 9.97 Å². The van der Waals surface area contributed by atoms with Crippen LogP contribution in [-0.4, -0.2) is 15.8 Å². The van der Waals surface area contributed by atoms with Gasteiger partial charge in [-0.1, -0.05) is 24.3 Å². The van der Waals surface area contributed by atoms with Crippen molar-refractivity contribution in [2.45, 2.75) is 6.92 Å². The van der Waals surface area contributed by atoms with Gasteiger partial charge in [-0.25, -0.2) is 0 Å². The van der Waals surface area contributed by atoms with Gasteiger partial charge in [0, 0.05) is 29.0 Å². The monoisotopic (exact) mass is 262 g/mol. The van der Waals surface area contributed by atoms with Crippen LogP contribution in [0.5, 0.6) is 0 Å². The van der Waals surface area contributed by atoms with E-state index >= 15 is 0 Å². The van der Waals surface area contributed by atoms with Crippen molar-refractivity contribution in [3.8, 4) is 0 Å². The Bertz CT molecular complexity index is 785. The van der Waals surface area contributed by atoms with E-state index in [1.54, 1.807) is 24.5 Å². The summed E-state index contributed by atoms with van der Waals surface area (Å²) in [6.45, 7) is 1.92. The molecule has 0 fully saturated rings. The number of benzene rings is 1. The van der Waals surface area contributed by atoms with E-state index in [0.29, 0.717) is 0 Å². The number of allylic oxidation sites excluding steroid dienone is 1. The SMILES string of the molecule is Cc1[nH]c2ccccc2c1C(=O)/C=C/c1cccnc1. The zero-order valence-corrected chi connectivity index (χ0v) is 11.1. The first-order valence-electron chi connectivity index (χ1n) is 6.45. The number of aromatic amines is 1. The van der Waals surface area contributed by atoms with Crippen LogP contribution < -0.4 is 0 Å². The molecule has 0 aliphatic rings. The zero-order valence-electron chi connectivity index (χ0n) is 11.1. The lowest BCUT2D eigenvalue weighted by Crippen LogP contribution is -1.95. The van der Waals surface area contributed by atoms with Gasteiger partial charge in [-0.15, -0.1) is 0 Å². The van der Waals surface area contributed by atoms with Crippen molar-refractivity contribution in [2.75, 3.05) is 0 Å². The fraction of sp³-hybridized carbons (Fsp3) is 0.0588. The fourth-order valence-corrected chi connectivity index (χ4v) is 2.32. The Morgan fingerprint density at radius 2 is 2.05 bits per heavy atom. The molecule has 0 unspecified atom stereocenters. The van der Waals surface area contributed by atoms with E-state index in [4.69, 9.17) is 0 Å². The molecule has 3 heteroatoms. The lowest BCUT2D eigenvalue weighted by Gasteiger charge is -1.96. The molecule has 98 valence electrons. The molecule has 0 saturated heterocycles. The van der Waals surface area contributed by atoms with Crippen molar-refractivity contribution < 1.29 is 4.79 Å². The van der Waals surface area contributed by atoms with Gasteiger partial charge >= 0.3 is 0 Å². The zero-order chi connectivity index (χ0) is 13.9. The topological polar surface area (TPSA) is 45.8 Å². The molecule has 0 spiro atoms. The molecule has 3 rings (SSSR count). The number of carbonyl (C=O) groups is 1. The molecule has 0 aliphatic carbocycles. The number of aryl methyl sites for hydroxylation is 1. The quantitative estimate of drug-likeness (QED) is 0.577. The van der Waals surface area contributed by atoms with E-state index in [1.807, 2.05) is 43.3 Å². The highest BCUT2D eigenvalue weighted by Crippen LogP contribution is 2.22. The first-order chi connectivity index (χ1) is 9.75. The van der Waals surface area contributed by atoms with E-state index in [-0.39, 0.29) is 5.78 Å². The number of nitrogens with zero attached hydrogens (tertiary/aromatic N) is 1. The average Bonchev–Trinajstić information content (AvgIpc) is 2.82. The molecule has 3 aromatic rings. The number of H-pyrrole nitrogens is 1. The summed E-state index contributed by atoms with van der Waals surface area (Å²) in [6.07, 6.45) is 6.82. The normalized spacial score (nSPS) is 11.2. The molecule has 0 aliphatic heterocycles. The second-order valence-corrected chi connectivity index (χ2v) is 4.65. The van der Waals surface area contributed by atoms with E-state index in [9.17, 15) is 4.79 Å². The Morgan fingerprint density at radius 3 is 2.85 bits per heavy atom. The summed E-state index contributed by atoms with van der Waals surface area (Å²) < 4.78 is 0. The van der Waals surface area contributed by atoms with E-state index in [2.05, 4.69) is 9.97 Å². The summed E-state index contributed by atoms with van der Waals surface area (Å²) in [4.78, 5) is 19.6. The molecule has 2 heterocycles. The predicted molar refractivity (Wildman–Crippen MR) is 80.6 cm³/mol. The minimum absolute atomic E-state index is 0.00352. The number of aromatic nitrogens is 2. The summed E-state index contributed by atoms with van der Waals surface area (Å²) in [5, 5.41) is 0.964. The second kappa shape index (κ2) is 5.13. The summed E-state index contributed by atoms with van der Waals surface area (Å²) >= 11 is 0. The van der Waals surface area contributed by atoms with Crippen LogP contribution >= 0.6 is 0 Å². The van der Waals surface area contributed by atoms with Gasteiger partial charge in [-0.2, -0.15) is 0 Å². The fourth-order valence-electron chi connectivity index (χ4n) is 2.32. The molecule has 3 nitrogen and oxygen atoms in total. The van der Waals surface area contributed by atoms with Crippen LogP contribution in [0.15, 0.2) is 54.9 Å². The molecule has 2 aromatic heterocycles. The highest BCUT2D eigenvalue weighted by Gasteiger charge is 2.12. The maximum atomic E-state index is 12.4. The number of ketones is 1. The van der Waals surface area contributed by atoms with Gasteiger partial charge < -0.3 is 4.98 Å². The minimum atomic E-state index is 0.00352. The first-order valence-corrected chi connectivity index (χ1v) is 6.45. The Kier molecular flexibility index (Phi) is 3.17. The van der Waals surface area contributed by atoms with E-state index < -0.39 is 0 Å². The number of hydrogen-bond acceptors (Lipinski definition) is 2. The highest BCUT2D eigenvalue weighted by molar-refractivity contribution is 6.15. The van der Waals surface area contributed by atoms with Crippen LogP contribution in [-0.2, 0) is 0 Å². The number of para-hydroxylation sites is 1. The molecule has 0 saturated carbocycles. The van der Waals surface area contributed by atoms with Gasteiger partial charge in [0.2, 0.25) is 0 Å². The number of fused-ring (bicyclic) bond motifs is 1. The smallest absolute Gasteiger partial charge is 0.188 e. The summed E-state index contributed by atoms with van der Waals surface area (Å²) in [6, 6.07) is 11.6. The Hall–Kier alpha value is -2.68. The van der Waals surface area contributed by atoms with Gasteiger partial charge in [0.25, 0.3) is 0 Å². The third kappa shape index (κ3) is 2.26. The lowest BCUT2D eigenvalue weighted by molar-refractivity contribution is 0.104. The Balaban J connectivity index is 1.97. The number of carbonyl (C=O) groups excluding carboxylic acids is 1. The molecule has 20 heavy (non-hydrogen) atoms. The Labute approximate surface area is 117 Å². The maximum absolute atomic E-state index is 12.4. The van der Waals surface area contributed by atoms with Gasteiger partial charge in [0.05, 0.1) is 5.56 Å². The summed E-state index contributed by atoms with van der Waals surface area (Å²) in [5.74, 6) is 0.00352. The molecule has 0 bridgehead atoms. The largest absolute Gasteiger partial charge is 0.358 e. The summed E-state index contributed by atoms with van der Waals surface area (Å²) in [7, 11) is 0. The van der Waals surface area contributed by atoms with Crippen LogP contribution in [0.4, 0.5) is 0 Å². The molecule has 1 aromatic carbocycles. The van der Waals surface area contributed by atoms with Crippen molar-refractivity contribution in [2.24, 2.45) is 0 Å². The maximum Gasteiger partial charge on any atom is 0.188 e. The molecular formula is C17H14N2O. The van der Waals surface area contributed by atoms with Crippen LogP contribution in [0.2, 0.25) is 0 Å². The molecule has 0 amide bonds. The number of rotatable bonds is 3. The minimum Gasteiger partial charge on any atom is -0.358 e. The third-order valence-corrected chi connectivity index (χ3v) is 3.25. The van der Waals surface area contributed by atoms with Gasteiger partial charge in [-0.3, -0.25) is 9.78 Å². The van der Waals surface area contributed by atoms with E-state index in [1.165, 1.54) is 0 Å². The van der Waals surface area contributed by atoms with Crippen molar-refractivity contribution >= 4 is 22.8 Å². The van der Waals surface area contributed by atoms with Gasteiger partial charge in [0.1, 0.15) is 0 Å². The average molecular weight is 262 g/mol. The molecule has 1 N–H and O–H groups in total. The summed E-state index contributed by atoms with van der Waals surface area (Å²) in [5.41, 5.74) is 3.54. The van der Waals surface area contributed by atoms with Gasteiger partial charge in [-0.05, 0) is 36.8 Å². The van der Waals surface area contributed by atoms with Gasteiger partial charge in [0.15, 0.2) is 5.78 Å². The van der Waals surface area contributed by atoms with Crippen LogP contribution in [0.3, 0.4) is 0 Å². The number of hydrogen-bond donors (Lipinski definition) is 1. The van der Waals surface area contributed by atoms with Crippen LogP contribution in [0.1, 0.15) is 21.6 Å². The molecule has 0 radical (unpaired) electrons. The molecule has 0 atom stereocenters. The van der Waals surface area contributed by atoms with E-state index in [0.717, 1.165) is 27.7 Å². The number of pyridine rings is 1. The van der Waals surface area contributed by atoms with Crippen molar-refractivity contribution in [1.29, 1.82) is 0 Å². The first kappa shape index (κ1) is 12.4. The second-order valence-electron chi connectivity index (χ2n) is 4.65. The van der Waals surface area contributed by atoms with Crippen molar-refractivity contribution in [3.63, 3.8) is 0 Å². The highest BCUT2D eigenvalue weighted by atomic mass is 16.1. The third-order valence-electron chi connectivity index (χ3n) is 3.25. The number of nitrogens with one attached hydrogen (secondary N) is 1.